The topological polar surface area (TPSA) is 38.7 Å². The van der Waals surface area contributed by atoms with Crippen molar-refractivity contribution in [1.82, 2.24) is 15.0 Å². The van der Waals surface area contributed by atoms with E-state index in [-0.39, 0.29) is 0 Å². The maximum absolute atomic E-state index is 5.24. The summed E-state index contributed by atoms with van der Waals surface area (Å²) in [4.78, 5) is 15.6. The van der Waals surface area contributed by atoms with Gasteiger partial charge in [0, 0.05) is 36.9 Å². The second-order valence-corrected chi connectivity index (χ2v) is 15.1. The Balaban J connectivity index is 1.07. The van der Waals surface area contributed by atoms with E-state index in [4.69, 9.17) is 15.0 Å². The zero-order valence-corrected chi connectivity index (χ0v) is 30.5. The van der Waals surface area contributed by atoms with Crippen molar-refractivity contribution in [2.24, 2.45) is 0 Å². The van der Waals surface area contributed by atoms with Gasteiger partial charge in [-0.15, -0.1) is 11.3 Å². The number of hydrogen-bond donors (Lipinski definition) is 0. The van der Waals surface area contributed by atoms with Crippen molar-refractivity contribution in [2.45, 2.75) is 0 Å². The average Bonchev–Trinajstić information content (AvgIpc) is 3.63. The molecule has 0 saturated heterocycles. The molecule has 9 aromatic carbocycles. The standard InChI is InChI=1S/C51H31N3S/c1-2-9-32(10-3-1)34-17-19-35(20-18-34)36-21-25-38(26-22-36)49-52-50(41-28-23-33-11-4-5-13-39(33)29-41)54-51(53-49)43-15-8-16-46-48(43)45-31-44-40(30-47(45)55-46)27-24-37-12-6-7-14-42(37)44/h1-31H. The Morgan fingerprint density at radius 3 is 1.62 bits per heavy atom. The molecule has 11 aromatic rings. The Labute approximate surface area is 321 Å². The fourth-order valence-electron chi connectivity index (χ4n) is 7.89. The molecule has 0 bridgehead atoms. The lowest BCUT2D eigenvalue weighted by Gasteiger charge is -2.11. The molecule has 0 spiro atoms. The molecule has 0 aliphatic heterocycles. The summed E-state index contributed by atoms with van der Waals surface area (Å²) in [5, 5.41) is 9.73. The molecule has 11 rings (SSSR count). The average molecular weight is 718 g/mol. The van der Waals surface area contributed by atoms with Gasteiger partial charge in [-0.2, -0.15) is 0 Å². The van der Waals surface area contributed by atoms with Gasteiger partial charge in [0.05, 0.1) is 0 Å². The molecule has 0 aliphatic carbocycles. The van der Waals surface area contributed by atoms with E-state index in [0.717, 1.165) is 33.2 Å². The van der Waals surface area contributed by atoms with Crippen molar-refractivity contribution >= 4 is 63.8 Å². The Bertz CT molecular complexity index is 3240. The predicted molar refractivity (Wildman–Crippen MR) is 232 cm³/mol. The summed E-state index contributed by atoms with van der Waals surface area (Å²) >= 11 is 1.82. The van der Waals surface area contributed by atoms with Gasteiger partial charge in [0.25, 0.3) is 0 Å². The highest BCUT2D eigenvalue weighted by molar-refractivity contribution is 7.26. The van der Waals surface area contributed by atoms with Crippen LogP contribution in [0.25, 0.3) is 109 Å². The number of rotatable bonds is 5. The lowest BCUT2D eigenvalue weighted by atomic mass is 9.98. The Hall–Kier alpha value is -7.01. The van der Waals surface area contributed by atoms with E-state index in [1.165, 1.54) is 58.2 Å². The lowest BCUT2D eigenvalue weighted by Crippen LogP contribution is -2.00. The van der Waals surface area contributed by atoms with Crippen LogP contribution in [-0.2, 0) is 0 Å². The third kappa shape index (κ3) is 5.54. The van der Waals surface area contributed by atoms with Gasteiger partial charge < -0.3 is 0 Å². The summed E-state index contributed by atoms with van der Waals surface area (Å²) in [7, 11) is 0. The zero-order valence-electron chi connectivity index (χ0n) is 29.6. The highest BCUT2D eigenvalue weighted by Gasteiger charge is 2.18. The largest absolute Gasteiger partial charge is 0.208 e. The first kappa shape index (κ1) is 31.5. The highest BCUT2D eigenvalue weighted by atomic mass is 32.1. The number of thiophene rings is 1. The molecule has 0 saturated carbocycles. The number of aromatic nitrogens is 3. The Kier molecular flexibility index (Phi) is 7.35. The normalized spacial score (nSPS) is 11.6. The molecular weight excluding hydrogens is 687 g/mol. The van der Waals surface area contributed by atoms with Crippen molar-refractivity contribution in [3.63, 3.8) is 0 Å². The predicted octanol–water partition coefficient (Wildman–Crippen LogP) is 14.0. The third-order valence-electron chi connectivity index (χ3n) is 10.7. The second kappa shape index (κ2) is 12.8. The van der Waals surface area contributed by atoms with E-state index in [0.29, 0.717) is 17.5 Å². The molecule has 0 aliphatic rings. The first-order chi connectivity index (χ1) is 27.2. The van der Waals surface area contributed by atoms with Crippen molar-refractivity contribution in [3.05, 3.63) is 188 Å². The van der Waals surface area contributed by atoms with Crippen LogP contribution in [0.15, 0.2) is 188 Å². The van der Waals surface area contributed by atoms with Crippen LogP contribution in [0.4, 0.5) is 0 Å². The molecule has 0 amide bonds. The van der Waals surface area contributed by atoms with E-state index in [9.17, 15) is 0 Å². The summed E-state index contributed by atoms with van der Waals surface area (Å²) < 4.78 is 2.46. The Morgan fingerprint density at radius 1 is 0.291 bits per heavy atom. The minimum atomic E-state index is 0.645. The summed E-state index contributed by atoms with van der Waals surface area (Å²) in [6.45, 7) is 0. The minimum Gasteiger partial charge on any atom is -0.208 e. The molecule has 2 aromatic heterocycles. The number of hydrogen-bond acceptors (Lipinski definition) is 4. The van der Waals surface area contributed by atoms with Crippen LogP contribution in [0.5, 0.6) is 0 Å². The van der Waals surface area contributed by atoms with Gasteiger partial charge in [-0.1, -0.05) is 164 Å². The summed E-state index contributed by atoms with van der Waals surface area (Å²) in [6, 6.07) is 67.0. The quantitative estimate of drug-likeness (QED) is 0.166. The first-order valence-electron chi connectivity index (χ1n) is 18.5. The summed E-state index contributed by atoms with van der Waals surface area (Å²) in [5.74, 6) is 1.96. The molecule has 2 heterocycles. The smallest absolute Gasteiger partial charge is 0.164 e. The van der Waals surface area contributed by atoms with Crippen LogP contribution >= 0.6 is 11.3 Å². The van der Waals surface area contributed by atoms with Gasteiger partial charge in [-0.3, -0.25) is 0 Å². The molecule has 256 valence electrons. The monoisotopic (exact) mass is 717 g/mol. The van der Waals surface area contributed by atoms with Gasteiger partial charge in [0.15, 0.2) is 17.5 Å². The summed E-state index contributed by atoms with van der Waals surface area (Å²) in [5.41, 5.74) is 7.62. The lowest BCUT2D eigenvalue weighted by molar-refractivity contribution is 1.08. The van der Waals surface area contributed by atoms with Gasteiger partial charge in [0.2, 0.25) is 0 Å². The van der Waals surface area contributed by atoms with Crippen molar-refractivity contribution in [3.8, 4) is 56.4 Å². The van der Waals surface area contributed by atoms with Crippen LogP contribution in [0.1, 0.15) is 0 Å². The molecule has 4 heteroatoms. The SMILES string of the molecule is c1ccc(-c2ccc(-c3ccc(-c4nc(-c5ccc6ccccc6c5)nc(-c5cccc6sc7cc8ccc9ccccc9c8cc7c56)n4)cc3)cc2)cc1. The van der Waals surface area contributed by atoms with E-state index in [1.807, 2.05) is 17.4 Å². The number of fused-ring (bicyclic) bond motifs is 7. The molecular formula is C51H31N3S. The fraction of sp³-hybridized carbons (Fsp3) is 0. The van der Waals surface area contributed by atoms with Gasteiger partial charge in [-0.25, -0.2) is 15.0 Å². The van der Waals surface area contributed by atoms with E-state index in [2.05, 4.69) is 182 Å². The zero-order chi connectivity index (χ0) is 36.3. The maximum Gasteiger partial charge on any atom is 0.164 e. The van der Waals surface area contributed by atoms with Gasteiger partial charge >= 0.3 is 0 Å². The van der Waals surface area contributed by atoms with E-state index < -0.39 is 0 Å². The fourth-order valence-corrected chi connectivity index (χ4v) is 9.06. The molecule has 0 unspecified atom stereocenters. The number of benzene rings is 9. The maximum atomic E-state index is 5.24. The number of nitrogens with zero attached hydrogens (tertiary/aromatic N) is 3. The van der Waals surface area contributed by atoms with Crippen LogP contribution in [0.3, 0.4) is 0 Å². The minimum absolute atomic E-state index is 0.645. The third-order valence-corrected chi connectivity index (χ3v) is 11.8. The molecule has 0 atom stereocenters. The first-order valence-corrected chi connectivity index (χ1v) is 19.3. The molecule has 0 fully saturated rings. The molecule has 0 radical (unpaired) electrons. The van der Waals surface area contributed by atoms with Crippen LogP contribution in [-0.4, -0.2) is 15.0 Å². The molecule has 3 nitrogen and oxygen atoms in total. The van der Waals surface area contributed by atoms with Gasteiger partial charge in [0.1, 0.15) is 0 Å². The van der Waals surface area contributed by atoms with Gasteiger partial charge in [-0.05, 0) is 78.8 Å². The van der Waals surface area contributed by atoms with E-state index >= 15 is 0 Å². The highest BCUT2D eigenvalue weighted by Crippen LogP contribution is 2.42. The summed E-state index contributed by atoms with van der Waals surface area (Å²) in [6.07, 6.45) is 0. The van der Waals surface area contributed by atoms with Crippen molar-refractivity contribution in [2.75, 3.05) is 0 Å². The van der Waals surface area contributed by atoms with Crippen LogP contribution in [0, 0.1) is 0 Å². The molecule has 55 heavy (non-hydrogen) atoms. The van der Waals surface area contributed by atoms with Crippen molar-refractivity contribution in [1.29, 1.82) is 0 Å². The van der Waals surface area contributed by atoms with Crippen LogP contribution < -0.4 is 0 Å². The van der Waals surface area contributed by atoms with Crippen LogP contribution in [0.2, 0.25) is 0 Å². The second-order valence-electron chi connectivity index (χ2n) is 14.0. The van der Waals surface area contributed by atoms with Crippen molar-refractivity contribution < 1.29 is 0 Å². The van der Waals surface area contributed by atoms with E-state index in [1.54, 1.807) is 0 Å². The molecule has 0 N–H and O–H groups in total. The Morgan fingerprint density at radius 2 is 0.855 bits per heavy atom.